The lowest BCUT2D eigenvalue weighted by atomic mass is 9.64. The van der Waals surface area contributed by atoms with Crippen molar-refractivity contribution < 1.29 is 33.6 Å². The largest absolute Gasteiger partial charge is 0.443 e. The second-order valence-corrected chi connectivity index (χ2v) is 11.5. The van der Waals surface area contributed by atoms with Gasteiger partial charge in [0.1, 0.15) is 23.4 Å². The zero-order valence-corrected chi connectivity index (χ0v) is 24.4. The summed E-state index contributed by atoms with van der Waals surface area (Å²) >= 11 is 0. The van der Waals surface area contributed by atoms with E-state index in [9.17, 15) is 14.7 Å². The van der Waals surface area contributed by atoms with E-state index in [1.165, 1.54) is 12.7 Å². The van der Waals surface area contributed by atoms with E-state index in [-0.39, 0.29) is 31.5 Å². The molecule has 2 heterocycles. The molecule has 2 aliphatic heterocycles. The van der Waals surface area contributed by atoms with Gasteiger partial charge in [0.05, 0.1) is 12.7 Å². The van der Waals surface area contributed by atoms with Gasteiger partial charge in [-0.3, -0.25) is 4.79 Å². The van der Waals surface area contributed by atoms with Gasteiger partial charge in [0.15, 0.2) is 5.60 Å². The lowest BCUT2D eigenvalue weighted by Gasteiger charge is -2.49. The summed E-state index contributed by atoms with van der Waals surface area (Å²) in [6, 6.07) is 5.46. The molecular formula is C29H41N5O7. The lowest BCUT2D eigenvalue weighted by Crippen LogP contribution is -2.70. The number of amides is 2. The number of carbonyl (C=O) groups is 2. The summed E-state index contributed by atoms with van der Waals surface area (Å²) in [7, 11) is 1.49. The summed E-state index contributed by atoms with van der Waals surface area (Å²) in [5.41, 5.74) is 8.95. The van der Waals surface area contributed by atoms with Gasteiger partial charge in [-0.15, -0.1) is 0 Å². The average Bonchev–Trinajstić information content (AvgIpc) is 3.85. The van der Waals surface area contributed by atoms with Crippen LogP contribution in [0.25, 0.3) is 10.4 Å². The Labute approximate surface area is 240 Å². The Bertz CT molecular complexity index is 1220. The predicted octanol–water partition coefficient (Wildman–Crippen LogP) is 3.90. The quantitative estimate of drug-likeness (QED) is 0.0852. The molecule has 1 aromatic carbocycles. The first-order valence-corrected chi connectivity index (χ1v) is 14.1. The van der Waals surface area contributed by atoms with Crippen LogP contribution >= 0.6 is 0 Å². The number of alkyl carbamates (subject to hydrolysis) is 1. The molecule has 6 atom stereocenters. The minimum Gasteiger partial charge on any atom is -0.443 e. The highest BCUT2D eigenvalue weighted by molar-refractivity contribution is 5.76. The van der Waals surface area contributed by atoms with E-state index in [0.29, 0.717) is 38.0 Å². The van der Waals surface area contributed by atoms with Crippen LogP contribution in [0.5, 0.6) is 0 Å². The fraction of sp³-hybridized carbons (Fsp3) is 0.655. The standard InChI is InChI=1S/C29H41N5O7/c1-18(2)6-10-23-27(4,41-23)29(37)25(38-5)22(12-13-28(29)17-39-28)40-26(36)32-15-14-31-24(35)11-8-20-7-9-21(33-34-30)19(3)16-20/h6-7,9,16,22-23,25,37H,8,10-15,17H2,1-5H3,(H,31,35)(H,32,36). The summed E-state index contributed by atoms with van der Waals surface area (Å²) in [4.78, 5) is 27.7. The molecule has 6 unspecified atom stereocenters. The molecule has 1 spiro atoms. The first kappa shape index (κ1) is 30.8. The van der Waals surface area contributed by atoms with Gasteiger partial charge in [-0.1, -0.05) is 35.0 Å². The van der Waals surface area contributed by atoms with Gasteiger partial charge in [-0.05, 0) is 70.0 Å². The highest BCUT2D eigenvalue weighted by atomic mass is 16.7. The molecule has 2 saturated heterocycles. The van der Waals surface area contributed by atoms with Crippen LogP contribution in [0.1, 0.15) is 57.6 Å². The molecule has 1 aromatic rings. The van der Waals surface area contributed by atoms with Crippen molar-refractivity contribution in [3.8, 4) is 0 Å². The molecule has 12 nitrogen and oxygen atoms in total. The maximum Gasteiger partial charge on any atom is 0.407 e. The normalized spacial score (nSPS) is 31.5. The third-order valence-corrected chi connectivity index (χ3v) is 8.49. The van der Waals surface area contributed by atoms with Crippen molar-refractivity contribution in [2.45, 2.75) is 94.9 Å². The molecule has 41 heavy (non-hydrogen) atoms. The minimum atomic E-state index is -1.49. The van der Waals surface area contributed by atoms with Crippen molar-refractivity contribution in [2.75, 3.05) is 26.8 Å². The molecule has 0 aromatic heterocycles. The number of carbonyl (C=O) groups excluding carboxylic acids is 2. The van der Waals surface area contributed by atoms with Crippen molar-refractivity contribution in [1.29, 1.82) is 0 Å². The lowest BCUT2D eigenvalue weighted by molar-refractivity contribution is -0.223. The maximum absolute atomic E-state index is 12.6. The molecule has 1 saturated carbocycles. The number of nitrogens with one attached hydrogen (secondary N) is 2. The number of nitrogens with zero attached hydrogens (tertiary/aromatic N) is 3. The van der Waals surface area contributed by atoms with Crippen molar-refractivity contribution in [3.05, 3.63) is 51.4 Å². The summed E-state index contributed by atoms with van der Waals surface area (Å²) in [5.74, 6) is -0.149. The van der Waals surface area contributed by atoms with Crippen molar-refractivity contribution in [2.24, 2.45) is 5.11 Å². The maximum atomic E-state index is 12.6. The molecule has 0 radical (unpaired) electrons. The van der Waals surface area contributed by atoms with E-state index >= 15 is 0 Å². The molecule has 4 rings (SSSR count). The summed E-state index contributed by atoms with van der Waals surface area (Å²) in [5, 5.41) is 21.2. The number of rotatable bonds is 12. The summed E-state index contributed by atoms with van der Waals surface area (Å²) in [6.45, 7) is 8.57. The zero-order chi connectivity index (χ0) is 29.8. The van der Waals surface area contributed by atoms with E-state index in [4.69, 9.17) is 24.5 Å². The van der Waals surface area contributed by atoms with E-state index in [0.717, 1.165) is 11.1 Å². The van der Waals surface area contributed by atoms with E-state index in [1.807, 2.05) is 39.8 Å². The fourth-order valence-electron chi connectivity index (χ4n) is 6.01. The number of azide groups is 1. The first-order chi connectivity index (χ1) is 19.5. The predicted molar refractivity (Wildman–Crippen MR) is 151 cm³/mol. The van der Waals surface area contributed by atoms with Crippen LogP contribution in [-0.4, -0.2) is 79.0 Å². The molecule has 3 fully saturated rings. The van der Waals surface area contributed by atoms with Crippen molar-refractivity contribution >= 4 is 17.7 Å². The summed E-state index contributed by atoms with van der Waals surface area (Å²) in [6.07, 6.45) is 2.15. The molecule has 12 heteroatoms. The topological polar surface area (TPSA) is 171 Å². The van der Waals surface area contributed by atoms with Crippen LogP contribution in [-0.2, 0) is 30.2 Å². The van der Waals surface area contributed by atoms with E-state index in [2.05, 4.69) is 26.7 Å². The molecule has 3 aliphatic rings. The Morgan fingerprint density at radius 3 is 2.66 bits per heavy atom. The smallest absolute Gasteiger partial charge is 0.407 e. The highest BCUT2D eigenvalue weighted by Crippen LogP contribution is 2.62. The highest BCUT2D eigenvalue weighted by Gasteiger charge is 2.81. The Morgan fingerprint density at radius 1 is 1.29 bits per heavy atom. The number of ether oxygens (including phenoxy) is 4. The van der Waals surface area contributed by atoms with Crippen LogP contribution in [0.15, 0.2) is 35.0 Å². The Kier molecular flexibility index (Phi) is 9.30. The third kappa shape index (κ3) is 6.37. The second-order valence-electron chi connectivity index (χ2n) is 11.5. The summed E-state index contributed by atoms with van der Waals surface area (Å²) < 4.78 is 23.4. The van der Waals surface area contributed by atoms with Crippen molar-refractivity contribution in [3.63, 3.8) is 0 Å². The fourth-order valence-corrected chi connectivity index (χ4v) is 6.01. The monoisotopic (exact) mass is 571 g/mol. The van der Waals surface area contributed by atoms with E-state index < -0.39 is 35.1 Å². The first-order valence-electron chi connectivity index (χ1n) is 14.1. The minimum absolute atomic E-state index is 0.149. The molecular weight excluding hydrogens is 530 g/mol. The number of benzene rings is 1. The van der Waals surface area contributed by atoms with Gasteiger partial charge < -0.3 is 34.7 Å². The van der Waals surface area contributed by atoms with Gasteiger partial charge in [0.25, 0.3) is 0 Å². The van der Waals surface area contributed by atoms with Gasteiger partial charge >= 0.3 is 6.09 Å². The zero-order valence-electron chi connectivity index (χ0n) is 24.4. The van der Waals surface area contributed by atoms with Gasteiger partial charge in [-0.25, -0.2) is 4.79 Å². The number of aliphatic hydroxyl groups is 1. The average molecular weight is 572 g/mol. The van der Waals surface area contributed by atoms with Gasteiger partial charge in [0, 0.05) is 37.2 Å². The van der Waals surface area contributed by atoms with Gasteiger partial charge in [-0.2, -0.15) is 0 Å². The number of aryl methyl sites for hydroxylation is 2. The molecule has 0 bridgehead atoms. The van der Waals surface area contributed by atoms with Crippen LogP contribution < -0.4 is 10.6 Å². The van der Waals surface area contributed by atoms with Crippen molar-refractivity contribution in [1.82, 2.24) is 10.6 Å². The number of methoxy groups -OCH3 is 1. The molecule has 224 valence electrons. The number of allylic oxidation sites excluding steroid dienone is 1. The Morgan fingerprint density at radius 2 is 2.02 bits per heavy atom. The molecule has 1 aliphatic carbocycles. The Balaban J connectivity index is 1.24. The molecule has 3 N–H and O–H groups in total. The van der Waals surface area contributed by atoms with Crippen LogP contribution in [0.4, 0.5) is 10.5 Å². The van der Waals surface area contributed by atoms with Gasteiger partial charge in [0.2, 0.25) is 5.91 Å². The SMILES string of the molecule is COC1C(OC(=O)NCCNC(=O)CCc2ccc(N=[N+]=[N-])c(C)c2)CCC2(CO2)C1(O)C1(C)OC1CC=C(C)C. The van der Waals surface area contributed by atoms with Crippen LogP contribution in [0.2, 0.25) is 0 Å². The second kappa shape index (κ2) is 12.4. The third-order valence-electron chi connectivity index (χ3n) is 8.49. The number of epoxide rings is 2. The van der Waals surface area contributed by atoms with Crippen LogP contribution in [0.3, 0.4) is 0 Å². The number of hydrogen-bond acceptors (Lipinski definition) is 8. The van der Waals surface area contributed by atoms with Crippen LogP contribution in [0, 0.1) is 6.92 Å². The Hall–Kier alpha value is -3.15. The number of hydrogen-bond donors (Lipinski definition) is 3. The molecule has 2 amide bonds. The van der Waals surface area contributed by atoms with E-state index in [1.54, 1.807) is 6.07 Å².